The van der Waals surface area contributed by atoms with E-state index in [1.54, 1.807) is 0 Å². The lowest BCUT2D eigenvalue weighted by atomic mass is 9.45. The normalized spacial score (nSPS) is 45.3. The second-order valence-corrected chi connectivity index (χ2v) is 11.6. The number of alkyl halides is 1. The van der Waals surface area contributed by atoms with E-state index in [0.717, 1.165) is 0 Å². The zero-order valence-corrected chi connectivity index (χ0v) is 21.0. The third kappa shape index (κ3) is 3.17. The molecule has 4 aliphatic carbocycles. The predicted molar refractivity (Wildman–Crippen MR) is 122 cm³/mol. The molecule has 1 heterocycles. The van der Waals surface area contributed by atoms with Gasteiger partial charge < -0.3 is 14.2 Å². The molecule has 192 valence electrons. The van der Waals surface area contributed by atoms with E-state index in [2.05, 4.69) is 0 Å². The summed E-state index contributed by atoms with van der Waals surface area (Å²) in [6.45, 7) is 6.63. The summed E-state index contributed by atoms with van der Waals surface area (Å²) in [5.74, 6) is -1.75. The van der Waals surface area contributed by atoms with Gasteiger partial charge in [0, 0.05) is 30.6 Å². The molecule has 1 aliphatic heterocycles. The number of carbonyl (C=O) groups is 4. The van der Waals surface area contributed by atoms with Crippen molar-refractivity contribution in [3.8, 4) is 0 Å². The second-order valence-electron chi connectivity index (χ2n) is 11.6. The van der Waals surface area contributed by atoms with Crippen molar-refractivity contribution < 1.29 is 37.8 Å². The van der Waals surface area contributed by atoms with Gasteiger partial charge in [-0.2, -0.15) is 0 Å². The minimum Gasteiger partial charge on any atom is -0.458 e. The molecular formula is C27H35FO7. The summed E-state index contributed by atoms with van der Waals surface area (Å²) in [7, 11) is 0. The van der Waals surface area contributed by atoms with Gasteiger partial charge in [-0.1, -0.05) is 20.8 Å². The minimum absolute atomic E-state index is 0.0355. The quantitative estimate of drug-likeness (QED) is 0.412. The molecule has 0 amide bonds. The molecule has 5 aliphatic rings. The van der Waals surface area contributed by atoms with Crippen LogP contribution in [-0.4, -0.2) is 53.6 Å². The Labute approximate surface area is 205 Å². The van der Waals surface area contributed by atoms with E-state index >= 15 is 4.39 Å². The Morgan fingerprint density at radius 2 is 1.94 bits per heavy atom. The maximum atomic E-state index is 15.7. The van der Waals surface area contributed by atoms with Crippen LogP contribution in [0.25, 0.3) is 0 Å². The van der Waals surface area contributed by atoms with Crippen LogP contribution in [0, 0.1) is 22.7 Å². The first-order valence-corrected chi connectivity index (χ1v) is 12.9. The monoisotopic (exact) mass is 490 g/mol. The average Bonchev–Trinajstić information content (AvgIpc) is 3.44. The zero-order valence-electron chi connectivity index (χ0n) is 21.0. The first-order valence-electron chi connectivity index (χ1n) is 12.9. The van der Waals surface area contributed by atoms with Gasteiger partial charge in [0.2, 0.25) is 5.78 Å². The van der Waals surface area contributed by atoms with E-state index < -0.39 is 52.5 Å². The largest absolute Gasteiger partial charge is 0.458 e. The van der Waals surface area contributed by atoms with E-state index in [9.17, 15) is 19.2 Å². The molecule has 0 radical (unpaired) electrons. The predicted octanol–water partition coefficient (Wildman–Crippen LogP) is 3.81. The van der Waals surface area contributed by atoms with Crippen molar-refractivity contribution in [2.45, 2.75) is 103 Å². The van der Waals surface area contributed by atoms with E-state index in [0.29, 0.717) is 44.1 Å². The highest BCUT2D eigenvalue weighted by molar-refractivity contribution is 5.93. The summed E-state index contributed by atoms with van der Waals surface area (Å²) in [4.78, 5) is 50.0. The Morgan fingerprint density at radius 1 is 1.20 bits per heavy atom. The van der Waals surface area contributed by atoms with Crippen molar-refractivity contribution in [3.05, 3.63) is 11.6 Å². The lowest BCUT2D eigenvalue weighted by Gasteiger charge is -2.57. The first-order chi connectivity index (χ1) is 16.4. The van der Waals surface area contributed by atoms with Gasteiger partial charge in [-0.25, -0.2) is 4.39 Å². The molecular weight excluding hydrogens is 455 g/mol. The van der Waals surface area contributed by atoms with Crippen molar-refractivity contribution >= 4 is 23.5 Å². The number of hydrogen-bond donors (Lipinski definition) is 0. The number of ether oxygens (including phenoxy) is 3. The highest BCUT2D eigenvalue weighted by Gasteiger charge is 2.83. The van der Waals surface area contributed by atoms with Crippen LogP contribution in [0.5, 0.6) is 0 Å². The summed E-state index contributed by atoms with van der Waals surface area (Å²) in [6, 6.07) is 0. The lowest BCUT2D eigenvalue weighted by Crippen LogP contribution is -2.64. The standard InChI is InChI=1S/C27H35FO7/c1-5-6-23(32)35-26(21(31)14-33-15(2)29)10-8-17-18-12-20(28)19-11-16(30)7-9-24(19,3)27(18)22(34-27)13-25(17,26)4/h11,17-18,20,22H,5-10,12-14H2,1-4H3/t17?,18?,20?,22?,24-,25-,26-,27?/m0/s1. The Bertz CT molecular complexity index is 1020. The molecule has 0 aromatic carbocycles. The molecule has 1 spiro atoms. The molecule has 8 atom stereocenters. The zero-order chi connectivity index (χ0) is 25.4. The van der Waals surface area contributed by atoms with E-state index in [4.69, 9.17) is 14.2 Å². The molecule has 5 rings (SSSR count). The van der Waals surface area contributed by atoms with Crippen molar-refractivity contribution in [2.75, 3.05) is 6.61 Å². The maximum absolute atomic E-state index is 15.7. The third-order valence-corrected chi connectivity index (χ3v) is 10.0. The van der Waals surface area contributed by atoms with Crippen LogP contribution in [0.3, 0.4) is 0 Å². The fourth-order valence-corrected chi connectivity index (χ4v) is 8.41. The van der Waals surface area contributed by atoms with Crippen molar-refractivity contribution in [1.82, 2.24) is 0 Å². The number of hydrogen-bond acceptors (Lipinski definition) is 7. The SMILES string of the molecule is CCCC(=O)O[C@]1(C(=O)COC(C)=O)CCC2C3CC(F)C4=CC(=O)CC[C@]4(C)C34OC4C[C@@]21C. The molecule has 0 N–H and O–H groups in total. The number of carbonyl (C=O) groups excluding carboxylic acids is 4. The van der Waals surface area contributed by atoms with Crippen molar-refractivity contribution in [2.24, 2.45) is 22.7 Å². The van der Waals surface area contributed by atoms with Crippen molar-refractivity contribution in [3.63, 3.8) is 0 Å². The van der Waals surface area contributed by atoms with Crippen LogP contribution in [0.2, 0.25) is 0 Å². The highest BCUT2D eigenvalue weighted by atomic mass is 19.1. The highest BCUT2D eigenvalue weighted by Crippen LogP contribution is 2.77. The molecule has 1 saturated heterocycles. The summed E-state index contributed by atoms with van der Waals surface area (Å²) in [5.41, 5.74) is -2.79. The van der Waals surface area contributed by atoms with Gasteiger partial charge >= 0.3 is 11.9 Å². The lowest BCUT2D eigenvalue weighted by molar-refractivity contribution is -0.190. The fourth-order valence-electron chi connectivity index (χ4n) is 8.41. The fraction of sp³-hybridized carbons (Fsp3) is 0.778. The minimum atomic E-state index is -1.44. The Balaban J connectivity index is 1.54. The van der Waals surface area contributed by atoms with Crippen LogP contribution < -0.4 is 0 Å². The van der Waals surface area contributed by atoms with Crippen LogP contribution in [0.1, 0.15) is 79.1 Å². The van der Waals surface area contributed by atoms with Crippen molar-refractivity contribution in [1.29, 1.82) is 0 Å². The van der Waals surface area contributed by atoms with E-state index in [1.807, 2.05) is 20.8 Å². The Kier molecular flexibility index (Phi) is 5.59. The molecule has 0 aromatic heterocycles. The van der Waals surface area contributed by atoms with Crippen LogP contribution in [0.15, 0.2) is 11.6 Å². The number of rotatable bonds is 6. The third-order valence-electron chi connectivity index (χ3n) is 10.0. The molecule has 5 unspecified atom stereocenters. The van der Waals surface area contributed by atoms with Crippen LogP contribution >= 0.6 is 0 Å². The molecule has 8 heteroatoms. The number of ketones is 2. The Morgan fingerprint density at radius 3 is 2.63 bits per heavy atom. The topological polar surface area (TPSA) is 99.3 Å². The van der Waals surface area contributed by atoms with Gasteiger partial charge in [0.15, 0.2) is 18.0 Å². The molecule has 7 nitrogen and oxygen atoms in total. The van der Waals surface area contributed by atoms with Gasteiger partial charge in [-0.3, -0.25) is 19.2 Å². The molecule has 35 heavy (non-hydrogen) atoms. The summed E-state index contributed by atoms with van der Waals surface area (Å²) in [6.07, 6.45) is 3.35. The summed E-state index contributed by atoms with van der Waals surface area (Å²) >= 11 is 0. The first kappa shape index (κ1) is 24.6. The molecule has 0 aromatic rings. The number of halogens is 1. The molecule has 4 fully saturated rings. The molecule has 3 saturated carbocycles. The van der Waals surface area contributed by atoms with Gasteiger partial charge in [-0.05, 0) is 62.0 Å². The summed E-state index contributed by atoms with van der Waals surface area (Å²) in [5, 5.41) is 0. The average molecular weight is 491 g/mol. The number of fused-ring (bicyclic) bond motifs is 3. The number of epoxide rings is 1. The Hall–Kier alpha value is -2.09. The summed E-state index contributed by atoms with van der Waals surface area (Å²) < 4.78 is 33.3. The van der Waals surface area contributed by atoms with Gasteiger partial charge in [0.05, 0.1) is 6.10 Å². The number of Topliss-reactive ketones (excluding diaryl/α,β-unsaturated/α-hetero) is 1. The maximum Gasteiger partial charge on any atom is 0.306 e. The van der Waals surface area contributed by atoms with Gasteiger partial charge in [-0.15, -0.1) is 0 Å². The van der Waals surface area contributed by atoms with Crippen LogP contribution in [-0.2, 0) is 33.4 Å². The van der Waals surface area contributed by atoms with E-state index in [1.165, 1.54) is 13.0 Å². The number of esters is 2. The second kappa shape index (κ2) is 7.95. The van der Waals surface area contributed by atoms with Crippen LogP contribution in [0.4, 0.5) is 4.39 Å². The van der Waals surface area contributed by atoms with Gasteiger partial charge in [0.1, 0.15) is 11.8 Å². The van der Waals surface area contributed by atoms with Gasteiger partial charge in [0.25, 0.3) is 0 Å². The smallest absolute Gasteiger partial charge is 0.306 e. The molecule has 0 bridgehead atoms. The van der Waals surface area contributed by atoms with E-state index in [-0.39, 0.29) is 36.6 Å².